The molecule has 0 aliphatic heterocycles. The van der Waals surface area contributed by atoms with Crippen LogP contribution in [0.25, 0.3) is 0 Å². The second-order valence-electron chi connectivity index (χ2n) is 4.52. The molecule has 0 unspecified atom stereocenters. The first kappa shape index (κ1) is 10.9. The molecule has 3 rings (SSSR count). The summed E-state index contributed by atoms with van der Waals surface area (Å²) in [7, 11) is 0. The number of rotatable bonds is 5. The molecule has 0 saturated heterocycles. The number of thiazole rings is 1. The summed E-state index contributed by atoms with van der Waals surface area (Å²) in [6.45, 7) is 3.75. The maximum absolute atomic E-state index is 4.62. The highest BCUT2D eigenvalue weighted by atomic mass is 32.1. The van der Waals surface area contributed by atoms with Crippen molar-refractivity contribution in [2.45, 2.75) is 38.9 Å². The largest absolute Gasteiger partial charge is 0.308 e. The van der Waals surface area contributed by atoms with Crippen LogP contribution in [0, 0.1) is 6.92 Å². The number of aromatic nitrogens is 3. The summed E-state index contributed by atoms with van der Waals surface area (Å²) >= 11 is 1.73. The standard InChI is InChI=1S/C12H16N4S/c1-9-4-5-14-16(9)7-11-8-17-12(15-11)6-13-10-2-3-10/h4-5,8,10,13H,2-3,6-7H2,1H3. The van der Waals surface area contributed by atoms with E-state index in [9.17, 15) is 0 Å². The lowest BCUT2D eigenvalue weighted by atomic mass is 10.4. The topological polar surface area (TPSA) is 42.7 Å². The third-order valence-electron chi connectivity index (χ3n) is 2.96. The molecular formula is C12H16N4S. The van der Waals surface area contributed by atoms with Gasteiger partial charge in [0, 0.05) is 29.9 Å². The summed E-state index contributed by atoms with van der Waals surface area (Å²) in [5.74, 6) is 0. The fourth-order valence-corrected chi connectivity index (χ4v) is 2.48. The second-order valence-corrected chi connectivity index (χ2v) is 5.46. The van der Waals surface area contributed by atoms with Gasteiger partial charge in [0.2, 0.25) is 0 Å². The van der Waals surface area contributed by atoms with Crippen LogP contribution in [0.1, 0.15) is 29.2 Å². The third-order valence-corrected chi connectivity index (χ3v) is 3.86. The summed E-state index contributed by atoms with van der Waals surface area (Å²) < 4.78 is 1.98. The van der Waals surface area contributed by atoms with Crippen LogP contribution in [-0.4, -0.2) is 20.8 Å². The minimum absolute atomic E-state index is 0.746. The van der Waals surface area contributed by atoms with Crippen LogP contribution in [0.3, 0.4) is 0 Å². The van der Waals surface area contributed by atoms with Gasteiger partial charge < -0.3 is 5.32 Å². The molecule has 1 fully saturated rings. The van der Waals surface area contributed by atoms with Gasteiger partial charge in [-0.05, 0) is 25.8 Å². The molecule has 1 aliphatic carbocycles. The molecule has 2 aromatic rings. The van der Waals surface area contributed by atoms with Crippen molar-refractivity contribution in [3.63, 3.8) is 0 Å². The van der Waals surface area contributed by atoms with Crippen LogP contribution in [0.5, 0.6) is 0 Å². The van der Waals surface area contributed by atoms with Crippen LogP contribution in [0.15, 0.2) is 17.6 Å². The van der Waals surface area contributed by atoms with Crippen molar-refractivity contribution in [3.8, 4) is 0 Å². The molecule has 1 aliphatic rings. The predicted octanol–water partition coefficient (Wildman–Crippen LogP) is 1.95. The van der Waals surface area contributed by atoms with Crippen LogP contribution in [-0.2, 0) is 13.1 Å². The molecule has 0 spiro atoms. The van der Waals surface area contributed by atoms with Gasteiger partial charge in [0.05, 0.1) is 12.2 Å². The van der Waals surface area contributed by atoms with Gasteiger partial charge in [0.15, 0.2) is 0 Å². The number of nitrogens with one attached hydrogen (secondary N) is 1. The Hall–Kier alpha value is -1.20. The highest BCUT2D eigenvalue weighted by molar-refractivity contribution is 7.09. The van der Waals surface area contributed by atoms with E-state index >= 15 is 0 Å². The summed E-state index contributed by atoms with van der Waals surface area (Å²) in [4.78, 5) is 4.62. The van der Waals surface area contributed by atoms with Crippen molar-refractivity contribution in [1.82, 2.24) is 20.1 Å². The Morgan fingerprint density at radius 3 is 3.12 bits per heavy atom. The van der Waals surface area contributed by atoms with E-state index in [2.05, 4.69) is 27.7 Å². The van der Waals surface area contributed by atoms with E-state index < -0.39 is 0 Å². The highest BCUT2D eigenvalue weighted by Gasteiger charge is 2.20. The molecule has 90 valence electrons. The third kappa shape index (κ3) is 2.73. The summed E-state index contributed by atoms with van der Waals surface area (Å²) in [5, 5.41) is 11.1. The summed E-state index contributed by atoms with van der Waals surface area (Å²) in [6.07, 6.45) is 4.48. The second kappa shape index (κ2) is 4.58. The molecule has 0 amide bonds. The Bertz CT molecular complexity index is 498. The van der Waals surface area contributed by atoms with Gasteiger partial charge in [-0.2, -0.15) is 5.10 Å². The molecule has 0 radical (unpaired) electrons. The molecule has 17 heavy (non-hydrogen) atoms. The maximum atomic E-state index is 4.62. The highest BCUT2D eigenvalue weighted by Crippen LogP contribution is 2.20. The quantitative estimate of drug-likeness (QED) is 0.879. The number of hydrogen-bond donors (Lipinski definition) is 1. The zero-order chi connectivity index (χ0) is 11.7. The van der Waals surface area contributed by atoms with E-state index in [1.807, 2.05) is 16.9 Å². The van der Waals surface area contributed by atoms with E-state index in [0.29, 0.717) is 0 Å². The van der Waals surface area contributed by atoms with Crippen LogP contribution in [0.4, 0.5) is 0 Å². The Morgan fingerprint density at radius 1 is 1.53 bits per heavy atom. The van der Waals surface area contributed by atoms with Crippen molar-refractivity contribution in [1.29, 1.82) is 0 Å². The first-order valence-corrected chi connectivity index (χ1v) is 6.84. The maximum Gasteiger partial charge on any atom is 0.107 e. The zero-order valence-corrected chi connectivity index (χ0v) is 10.7. The fourth-order valence-electron chi connectivity index (χ4n) is 1.74. The average molecular weight is 248 g/mol. The molecule has 1 saturated carbocycles. The van der Waals surface area contributed by atoms with E-state index in [-0.39, 0.29) is 0 Å². The summed E-state index contributed by atoms with van der Waals surface area (Å²) in [6, 6.07) is 2.76. The van der Waals surface area contributed by atoms with Gasteiger partial charge in [-0.1, -0.05) is 0 Å². The molecule has 4 nitrogen and oxygen atoms in total. The number of aryl methyl sites for hydroxylation is 1. The van der Waals surface area contributed by atoms with E-state index in [0.717, 1.165) is 24.8 Å². The lowest BCUT2D eigenvalue weighted by Crippen LogP contribution is -2.15. The first-order chi connectivity index (χ1) is 8.31. The van der Waals surface area contributed by atoms with Gasteiger partial charge in [-0.25, -0.2) is 4.98 Å². The van der Waals surface area contributed by atoms with Gasteiger partial charge in [-0.15, -0.1) is 11.3 Å². The van der Waals surface area contributed by atoms with Crippen LogP contribution >= 0.6 is 11.3 Å². The lowest BCUT2D eigenvalue weighted by molar-refractivity contribution is 0.646. The van der Waals surface area contributed by atoms with Gasteiger partial charge in [-0.3, -0.25) is 4.68 Å². The number of nitrogens with zero attached hydrogens (tertiary/aromatic N) is 3. The molecule has 1 N–H and O–H groups in total. The molecule has 2 heterocycles. The van der Waals surface area contributed by atoms with Crippen molar-refractivity contribution in [2.24, 2.45) is 0 Å². The Morgan fingerprint density at radius 2 is 2.41 bits per heavy atom. The van der Waals surface area contributed by atoms with Gasteiger partial charge in [0.1, 0.15) is 5.01 Å². The average Bonchev–Trinajstić information content (AvgIpc) is 2.92. The smallest absolute Gasteiger partial charge is 0.107 e. The summed E-state index contributed by atoms with van der Waals surface area (Å²) in [5.41, 5.74) is 2.28. The molecule has 0 aromatic carbocycles. The Balaban J connectivity index is 1.61. The predicted molar refractivity (Wildman–Crippen MR) is 68.0 cm³/mol. The van der Waals surface area contributed by atoms with Crippen molar-refractivity contribution < 1.29 is 0 Å². The SMILES string of the molecule is Cc1ccnn1Cc1csc(CNC2CC2)n1. The molecule has 0 atom stereocenters. The van der Waals surface area contributed by atoms with E-state index in [4.69, 9.17) is 0 Å². The molecular weight excluding hydrogens is 232 g/mol. The Kier molecular flexibility index (Phi) is 2.94. The lowest BCUT2D eigenvalue weighted by Gasteiger charge is -2.01. The normalized spacial score (nSPS) is 15.4. The monoisotopic (exact) mass is 248 g/mol. The van der Waals surface area contributed by atoms with Crippen molar-refractivity contribution in [3.05, 3.63) is 34.0 Å². The fraction of sp³-hybridized carbons (Fsp3) is 0.500. The minimum atomic E-state index is 0.746. The number of hydrogen-bond acceptors (Lipinski definition) is 4. The van der Waals surface area contributed by atoms with Crippen molar-refractivity contribution in [2.75, 3.05) is 0 Å². The zero-order valence-electron chi connectivity index (χ0n) is 9.89. The molecule has 5 heteroatoms. The first-order valence-electron chi connectivity index (χ1n) is 5.96. The molecule has 2 aromatic heterocycles. The molecule has 0 bridgehead atoms. The van der Waals surface area contributed by atoms with E-state index in [1.165, 1.54) is 23.5 Å². The minimum Gasteiger partial charge on any atom is -0.308 e. The van der Waals surface area contributed by atoms with Crippen molar-refractivity contribution >= 4 is 11.3 Å². The van der Waals surface area contributed by atoms with E-state index in [1.54, 1.807) is 11.3 Å². The van der Waals surface area contributed by atoms with Crippen LogP contribution in [0.2, 0.25) is 0 Å². The van der Waals surface area contributed by atoms with Gasteiger partial charge >= 0.3 is 0 Å². The Labute approximate surface area is 105 Å². The van der Waals surface area contributed by atoms with Crippen LogP contribution < -0.4 is 5.32 Å². The van der Waals surface area contributed by atoms with Gasteiger partial charge in [0.25, 0.3) is 0 Å².